The summed E-state index contributed by atoms with van der Waals surface area (Å²) in [5.74, 6) is 0.0651. The fourth-order valence-corrected chi connectivity index (χ4v) is 1.58. The van der Waals surface area contributed by atoms with Crippen LogP contribution in [0.5, 0.6) is 0 Å². The normalized spacial score (nSPS) is 12.0. The van der Waals surface area contributed by atoms with Crippen LogP contribution in [0, 0.1) is 17.2 Å². The number of hydrogen-bond acceptors (Lipinski definition) is 3. The number of likely N-dealkylation sites (N-methyl/N-ethyl adjacent to an activating group) is 1. The Balaban J connectivity index is 2.66. The van der Waals surface area contributed by atoms with E-state index in [-0.39, 0.29) is 11.8 Å². The van der Waals surface area contributed by atoms with Crippen LogP contribution in [-0.4, -0.2) is 23.9 Å². The molecule has 4 nitrogen and oxygen atoms in total. The Morgan fingerprint density at radius 1 is 1.39 bits per heavy atom. The molecule has 0 unspecified atom stereocenters. The number of nitrogens with two attached hydrogens (primary N) is 1. The third-order valence-corrected chi connectivity index (χ3v) is 2.88. The smallest absolute Gasteiger partial charge is 0.239 e. The van der Waals surface area contributed by atoms with Gasteiger partial charge in [-0.1, -0.05) is 26.0 Å². The van der Waals surface area contributed by atoms with Crippen LogP contribution < -0.4 is 5.73 Å². The summed E-state index contributed by atoms with van der Waals surface area (Å²) in [6, 6.07) is 8.79. The molecule has 18 heavy (non-hydrogen) atoms. The van der Waals surface area contributed by atoms with Gasteiger partial charge in [-0.15, -0.1) is 0 Å². The Morgan fingerprint density at radius 2 is 1.94 bits per heavy atom. The van der Waals surface area contributed by atoms with Crippen molar-refractivity contribution in [2.24, 2.45) is 11.7 Å². The second kappa shape index (κ2) is 6.18. The van der Waals surface area contributed by atoms with Crippen LogP contribution in [0.1, 0.15) is 25.0 Å². The van der Waals surface area contributed by atoms with E-state index in [1.807, 2.05) is 26.0 Å². The number of benzene rings is 1. The van der Waals surface area contributed by atoms with E-state index < -0.39 is 6.04 Å². The molecule has 0 spiro atoms. The van der Waals surface area contributed by atoms with Gasteiger partial charge >= 0.3 is 0 Å². The van der Waals surface area contributed by atoms with Crippen LogP contribution in [0.4, 0.5) is 0 Å². The summed E-state index contributed by atoms with van der Waals surface area (Å²) < 4.78 is 0. The fraction of sp³-hybridized carbons (Fsp3) is 0.429. The first kappa shape index (κ1) is 14.2. The van der Waals surface area contributed by atoms with Gasteiger partial charge in [-0.25, -0.2) is 0 Å². The molecule has 4 heteroatoms. The molecule has 0 saturated carbocycles. The topological polar surface area (TPSA) is 70.1 Å². The Bertz CT molecular complexity index is 445. The number of carbonyl (C=O) groups is 1. The molecule has 0 fully saturated rings. The Morgan fingerprint density at radius 3 is 2.39 bits per heavy atom. The standard InChI is InChI=1S/C14H19N3O/c1-10(2)13(16)14(18)17(3)9-12-6-4-11(8-15)5-7-12/h4-7,10,13H,9,16H2,1-3H3/t13-/m0/s1. The van der Waals surface area contributed by atoms with Gasteiger partial charge in [0.15, 0.2) is 0 Å². The Labute approximate surface area is 108 Å². The van der Waals surface area contributed by atoms with Crippen molar-refractivity contribution < 1.29 is 4.79 Å². The van der Waals surface area contributed by atoms with E-state index in [4.69, 9.17) is 11.0 Å². The zero-order valence-corrected chi connectivity index (χ0v) is 11.1. The van der Waals surface area contributed by atoms with Crippen molar-refractivity contribution in [2.75, 3.05) is 7.05 Å². The molecule has 0 radical (unpaired) electrons. The van der Waals surface area contributed by atoms with Crippen molar-refractivity contribution in [2.45, 2.75) is 26.4 Å². The van der Waals surface area contributed by atoms with Crippen molar-refractivity contribution >= 4 is 5.91 Å². The summed E-state index contributed by atoms with van der Waals surface area (Å²) in [5.41, 5.74) is 7.43. The van der Waals surface area contributed by atoms with Gasteiger partial charge < -0.3 is 10.6 Å². The molecule has 1 amide bonds. The molecule has 0 aliphatic heterocycles. The van der Waals surface area contributed by atoms with Crippen molar-refractivity contribution in [3.63, 3.8) is 0 Å². The van der Waals surface area contributed by atoms with Crippen LogP contribution in [0.2, 0.25) is 0 Å². The minimum Gasteiger partial charge on any atom is -0.340 e. The molecule has 1 aromatic rings. The van der Waals surface area contributed by atoms with Crippen LogP contribution in [-0.2, 0) is 11.3 Å². The summed E-state index contributed by atoms with van der Waals surface area (Å²) in [6.45, 7) is 4.36. The maximum absolute atomic E-state index is 12.0. The fourth-order valence-electron chi connectivity index (χ4n) is 1.58. The lowest BCUT2D eigenvalue weighted by molar-refractivity contribution is -0.132. The van der Waals surface area contributed by atoms with E-state index in [0.29, 0.717) is 12.1 Å². The van der Waals surface area contributed by atoms with Crippen molar-refractivity contribution in [1.29, 1.82) is 5.26 Å². The average molecular weight is 245 g/mol. The predicted molar refractivity (Wildman–Crippen MR) is 70.4 cm³/mol. The lowest BCUT2D eigenvalue weighted by Gasteiger charge is -2.23. The van der Waals surface area contributed by atoms with Gasteiger partial charge in [0.25, 0.3) is 0 Å². The summed E-state index contributed by atoms with van der Waals surface area (Å²) in [4.78, 5) is 13.6. The van der Waals surface area contributed by atoms with Crippen LogP contribution >= 0.6 is 0 Å². The molecule has 2 N–H and O–H groups in total. The van der Waals surface area contributed by atoms with E-state index in [0.717, 1.165) is 5.56 Å². The summed E-state index contributed by atoms with van der Waals surface area (Å²) in [6.07, 6.45) is 0. The molecule has 96 valence electrons. The minimum absolute atomic E-state index is 0.0608. The molecule has 0 aliphatic rings. The van der Waals surface area contributed by atoms with E-state index >= 15 is 0 Å². The summed E-state index contributed by atoms with van der Waals surface area (Å²) in [5, 5.41) is 8.70. The van der Waals surface area contributed by atoms with Crippen molar-refractivity contribution in [1.82, 2.24) is 4.90 Å². The van der Waals surface area contributed by atoms with Crippen LogP contribution in [0.25, 0.3) is 0 Å². The predicted octanol–water partition coefficient (Wildman–Crippen LogP) is 1.50. The Kier molecular flexibility index (Phi) is 4.87. The van der Waals surface area contributed by atoms with Gasteiger partial charge in [0.2, 0.25) is 5.91 Å². The van der Waals surface area contributed by atoms with E-state index in [9.17, 15) is 4.79 Å². The molecule has 0 saturated heterocycles. The van der Waals surface area contributed by atoms with Crippen molar-refractivity contribution in [3.05, 3.63) is 35.4 Å². The number of carbonyl (C=O) groups excluding carboxylic acids is 1. The van der Waals surface area contributed by atoms with Gasteiger partial charge in [-0.2, -0.15) is 5.26 Å². The average Bonchev–Trinajstić information content (AvgIpc) is 2.37. The highest BCUT2D eigenvalue weighted by Gasteiger charge is 2.20. The first-order valence-corrected chi connectivity index (χ1v) is 5.95. The van der Waals surface area contributed by atoms with Crippen LogP contribution in [0.3, 0.4) is 0 Å². The lowest BCUT2D eigenvalue weighted by Crippen LogP contribution is -2.44. The largest absolute Gasteiger partial charge is 0.340 e. The summed E-state index contributed by atoms with van der Waals surface area (Å²) >= 11 is 0. The summed E-state index contributed by atoms with van der Waals surface area (Å²) in [7, 11) is 1.74. The number of rotatable bonds is 4. The second-order valence-corrected chi connectivity index (χ2v) is 4.77. The molecule has 0 heterocycles. The number of nitriles is 1. The van der Waals surface area contributed by atoms with Crippen LogP contribution in [0.15, 0.2) is 24.3 Å². The zero-order chi connectivity index (χ0) is 13.7. The highest BCUT2D eigenvalue weighted by atomic mass is 16.2. The van der Waals surface area contributed by atoms with Gasteiger partial charge in [0.05, 0.1) is 17.7 Å². The highest BCUT2D eigenvalue weighted by Crippen LogP contribution is 2.08. The quantitative estimate of drug-likeness (QED) is 0.874. The molecular weight excluding hydrogens is 226 g/mol. The molecule has 0 aliphatic carbocycles. The maximum atomic E-state index is 12.0. The molecule has 1 rings (SSSR count). The molecule has 0 aromatic heterocycles. The second-order valence-electron chi connectivity index (χ2n) is 4.77. The van der Waals surface area contributed by atoms with Gasteiger partial charge in [0, 0.05) is 13.6 Å². The molecule has 1 atom stereocenters. The van der Waals surface area contributed by atoms with E-state index in [1.165, 1.54) is 0 Å². The van der Waals surface area contributed by atoms with E-state index in [1.54, 1.807) is 24.1 Å². The monoisotopic (exact) mass is 245 g/mol. The first-order chi connectivity index (χ1) is 8.45. The zero-order valence-electron chi connectivity index (χ0n) is 11.1. The number of nitrogens with zero attached hydrogens (tertiary/aromatic N) is 2. The van der Waals surface area contributed by atoms with E-state index in [2.05, 4.69) is 6.07 Å². The number of hydrogen-bond donors (Lipinski definition) is 1. The molecule has 0 bridgehead atoms. The van der Waals surface area contributed by atoms with Gasteiger partial charge in [-0.3, -0.25) is 4.79 Å². The third-order valence-electron chi connectivity index (χ3n) is 2.88. The minimum atomic E-state index is -0.464. The third kappa shape index (κ3) is 3.57. The molecule has 1 aromatic carbocycles. The SMILES string of the molecule is CC(C)[C@H](N)C(=O)N(C)Cc1ccc(C#N)cc1. The highest BCUT2D eigenvalue weighted by molar-refractivity contribution is 5.81. The number of amides is 1. The van der Waals surface area contributed by atoms with Gasteiger partial charge in [0.1, 0.15) is 0 Å². The first-order valence-electron chi connectivity index (χ1n) is 5.95. The Hall–Kier alpha value is -1.86. The maximum Gasteiger partial charge on any atom is 0.239 e. The van der Waals surface area contributed by atoms with Gasteiger partial charge in [-0.05, 0) is 23.6 Å². The lowest BCUT2D eigenvalue weighted by atomic mass is 10.0. The van der Waals surface area contributed by atoms with Crippen molar-refractivity contribution in [3.8, 4) is 6.07 Å². The molecular formula is C14H19N3O.